The number of alkyl carbamates (subject to hydrolysis) is 1. The van der Waals surface area contributed by atoms with Gasteiger partial charge >= 0.3 is 12.1 Å². The van der Waals surface area contributed by atoms with Gasteiger partial charge in [0.2, 0.25) is 5.91 Å². The van der Waals surface area contributed by atoms with Crippen LogP contribution < -0.4 is 5.32 Å². The number of nitrogens with one attached hydrogen (secondary N) is 1. The number of aliphatic carboxylic acids is 1. The Morgan fingerprint density at radius 2 is 1.68 bits per heavy atom. The summed E-state index contributed by atoms with van der Waals surface area (Å²) < 4.78 is 5.47. The van der Waals surface area contributed by atoms with E-state index in [1.54, 1.807) is 4.90 Å². The van der Waals surface area contributed by atoms with Crippen LogP contribution in [0.2, 0.25) is 0 Å². The number of ether oxygens (including phenoxy) is 1. The highest BCUT2D eigenvalue weighted by Gasteiger charge is 2.29. The van der Waals surface area contributed by atoms with Crippen molar-refractivity contribution < 1.29 is 24.2 Å². The predicted molar refractivity (Wildman–Crippen MR) is 115 cm³/mol. The van der Waals surface area contributed by atoms with Gasteiger partial charge in [0.25, 0.3) is 0 Å². The second kappa shape index (κ2) is 9.20. The van der Waals surface area contributed by atoms with E-state index in [0.29, 0.717) is 19.5 Å². The number of rotatable bonds is 7. The van der Waals surface area contributed by atoms with Crippen LogP contribution in [0, 0.1) is 5.92 Å². The van der Waals surface area contributed by atoms with E-state index in [9.17, 15) is 14.4 Å². The summed E-state index contributed by atoms with van der Waals surface area (Å²) in [6, 6.07) is 16.3. The molecule has 2 aromatic carbocycles. The highest BCUT2D eigenvalue weighted by atomic mass is 16.5. The molecule has 0 radical (unpaired) electrons. The molecular formula is C24H26N2O5. The minimum Gasteiger partial charge on any atom is -0.481 e. The third-order valence-corrected chi connectivity index (χ3v) is 6.05. The first-order chi connectivity index (χ1) is 15.0. The number of carbonyl (C=O) groups is 3. The van der Waals surface area contributed by atoms with Gasteiger partial charge in [-0.15, -0.1) is 0 Å². The average molecular weight is 422 g/mol. The minimum absolute atomic E-state index is 0.00412. The van der Waals surface area contributed by atoms with Crippen molar-refractivity contribution in [1.82, 2.24) is 10.2 Å². The lowest BCUT2D eigenvalue weighted by Crippen LogP contribution is -2.34. The molecule has 31 heavy (non-hydrogen) atoms. The summed E-state index contributed by atoms with van der Waals surface area (Å²) in [5, 5.41) is 11.5. The molecule has 0 aromatic heterocycles. The van der Waals surface area contributed by atoms with E-state index in [4.69, 9.17) is 9.84 Å². The summed E-state index contributed by atoms with van der Waals surface area (Å²) in [6.45, 7) is 1.46. The Balaban J connectivity index is 1.23. The standard InChI is InChI=1S/C24H26N2O5/c27-22(26-12-10-16(14-26)13-23(28)29)9-11-25-24(30)31-15-21-19-7-3-1-5-17(19)18-6-2-4-8-20(18)21/h1-8,16,21H,9-15H2,(H,25,30)(H,28,29). The molecule has 0 bridgehead atoms. The van der Waals surface area contributed by atoms with E-state index in [1.807, 2.05) is 24.3 Å². The Hall–Kier alpha value is -3.35. The largest absolute Gasteiger partial charge is 0.481 e. The van der Waals surface area contributed by atoms with Crippen LogP contribution in [0.25, 0.3) is 11.1 Å². The van der Waals surface area contributed by atoms with Crippen LogP contribution in [0.3, 0.4) is 0 Å². The van der Waals surface area contributed by atoms with Gasteiger partial charge in [-0.05, 0) is 34.6 Å². The molecule has 2 N–H and O–H groups in total. The van der Waals surface area contributed by atoms with Gasteiger partial charge in [-0.1, -0.05) is 48.5 Å². The van der Waals surface area contributed by atoms with Gasteiger partial charge < -0.3 is 20.1 Å². The number of nitrogens with zero attached hydrogens (tertiary/aromatic N) is 1. The van der Waals surface area contributed by atoms with E-state index < -0.39 is 12.1 Å². The van der Waals surface area contributed by atoms with Crippen LogP contribution >= 0.6 is 0 Å². The Kier molecular flexibility index (Phi) is 6.21. The maximum atomic E-state index is 12.3. The summed E-state index contributed by atoms with van der Waals surface area (Å²) in [7, 11) is 0. The SMILES string of the molecule is O=C(O)CC1CCN(C(=O)CCNC(=O)OCC2c3ccccc3-c3ccccc32)C1. The molecule has 0 spiro atoms. The van der Waals surface area contributed by atoms with Gasteiger partial charge in [0, 0.05) is 38.4 Å². The normalized spacial score (nSPS) is 17.2. The fourth-order valence-electron chi connectivity index (χ4n) is 4.55. The second-order valence-corrected chi connectivity index (χ2v) is 8.09. The molecular weight excluding hydrogens is 396 g/mol. The number of carbonyl (C=O) groups excluding carboxylic acids is 2. The molecule has 162 valence electrons. The molecule has 1 heterocycles. The van der Waals surface area contributed by atoms with Crippen molar-refractivity contribution in [3.63, 3.8) is 0 Å². The number of carboxylic acid groups (broad SMARTS) is 1. The van der Waals surface area contributed by atoms with Crippen molar-refractivity contribution >= 4 is 18.0 Å². The third kappa shape index (κ3) is 4.71. The van der Waals surface area contributed by atoms with E-state index in [0.717, 1.165) is 11.1 Å². The van der Waals surface area contributed by atoms with Crippen LogP contribution in [0.15, 0.2) is 48.5 Å². The summed E-state index contributed by atoms with van der Waals surface area (Å²) in [5.41, 5.74) is 4.64. The van der Waals surface area contributed by atoms with Crippen LogP contribution in [0.5, 0.6) is 0 Å². The first-order valence-electron chi connectivity index (χ1n) is 10.6. The number of amides is 2. The van der Waals surface area contributed by atoms with Gasteiger partial charge in [-0.25, -0.2) is 4.79 Å². The molecule has 1 aliphatic heterocycles. The smallest absolute Gasteiger partial charge is 0.407 e. The zero-order valence-electron chi connectivity index (χ0n) is 17.3. The Labute approximate surface area is 181 Å². The lowest BCUT2D eigenvalue weighted by atomic mass is 9.98. The monoisotopic (exact) mass is 422 g/mol. The molecule has 7 nitrogen and oxygen atoms in total. The number of fused-ring (bicyclic) bond motifs is 3. The van der Waals surface area contributed by atoms with E-state index in [1.165, 1.54) is 11.1 Å². The summed E-state index contributed by atoms with van der Waals surface area (Å²) in [6.07, 6.45) is 0.420. The van der Waals surface area contributed by atoms with Crippen molar-refractivity contribution in [1.29, 1.82) is 0 Å². The van der Waals surface area contributed by atoms with Crippen molar-refractivity contribution in [2.45, 2.75) is 25.2 Å². The number of hydrogen-bond acceptors (Lipinski definition) is 4. The Bertz CT molecular complexity index is 944. The van der Waals surface area contributed by atoms with Gasteiger partial charge in [-0.2, -0.15) is 0 Å². The van der Waals surface area contributed by atoms with Crippen LogP contribution in [0.4, 0.5) is 4.79 Å². The van der Waals surface area contributed by atoms with Gasteiger partial charge in [-0.3, -0.25) is 9.59 Å². The molecule has 1 aliphatic carbocycles. The quantitative estimate of drug-likeness (QED) is 0.714. The lowest BCUT2D eigenvalue weighted by molar-refractivity contribution is -0.138. The van der Waals surface area contributed by atoms with E-state index >= 15 is 0 Å². The highest BCUT2D eigenvalue weighted by molar-refractivity contribution is 5.79. The van der Waals surface area contributed by atoms with Gasteiger partial charge in [0.1, 0.15) is 6.61 Å². The zero-order valence-corrected chi connectivity index (χ0v) is 17.3. The highest BCUT2D eigenvalue weighted by Crippen LogP contribution is 2.44. The van der Waals surface area contributed by atoms with Crippen molar-refractivity contribution in [2.24, 2.45) is 5.92 Å². The number of carboxylic acids is 1. The summed E-state index contributed by atoms with van der Waals surface area (Å²) in [4.78, 5) is 36.9. The average Bonchev–Trinajstić information content (AvgIpc) is 3.34. The lowest BCUT2D eigenvalue weighted by Gasteiger charge is -2.17. The van der Waals surface area contributed by atoms with Gasteiger partial charge in [0.05, 0.1) is 0 Å². The number of hydrogen-bond donors (Lipinski definition) is 2. The molecule has 2 amide bonds. The maximum absolute atomic E-state index is 12.3. The topological polar surface area (TPSA) is 95.9 Å². The van der Waals surface area contributed by atoms with Crippen LogP contribution in [-0.4, -0.2) is 54.2 Å². The van der Waals surface area contributed by atoms with Crippen LogP contribution in [0.1, 0.15) is 36.3 Å². The Morgan fingerprint density at radius 3 is 2.32 bits per heavy atom. The van der Waals surface area contributed by atoms with Crippen LogP contribution in [-0.2, 0) is 14.3 Å². The molecule has 1 saturated heterocycles. The van der Waals surface area contributed by atoms with E-state index in [-0.39, 0.29) is 43.7 Å². The third-order valence-electron chi connectivity index (χ3n) is 6.05. The molecule has 4 rings (SSSR count). The maximum Gasteiger partial charge on any atom is 0.407 e. The molecule has 7 heteroatoms. The number of likely N-dealkylation sites (tertiary alicyclic amines) is 1. The Morgan fingerprint density at radius 1 is 1.03 bits per heavy atom. The van der Waals surface area contributed by atoms with E-state index in [2.05, 4.69) is 29.6 Å². The molecule has 1 atom stereocenters. The minimum atomic E-state index is -0.837. The first kappa shape index (κ1) is 20.9. The van der Waals surface area contributed by atoms with Gasteiger partial charge in [0.15, 0.2) is 0 Å². The molecule has 2 aliphatic rings. The summed E-state index contributed by atoms with van der Waals surface area (Å²) in [5.74, 6) is -0.907. The van der Waals surface area contributed by atoms with Crippen molar-refractivity contribution in [2.75, 3.05) is 26.2 Å². The molecule has 1 unspecified atom stereocenters. The first-order valence-corrected chi connectivity index (χ1v) is 10.6. The molecule has 2 aromatic rings. The predicted octanol–water partition coefficient (Wildman–Crippen LogP) is 3.24. The zero-order chi connectivity index (χ0) is 21.8. The second-order valence-electron chi connectivity index (χ2n) is 8.09. The fraction of sp³-hybridized carbons (Fsp3) is 0.375. The van der Waals surface area contributed by atoms with Crippen molar-refractivity contribution in [3.05, 3.63) is 59.7 Å². The van der Waals surface area contributed by atoms with Crippen molar-refractivity contribution in [3.8, 4) is 11.1 Å². The number of benzene rings is 2. The molecule has 0 saturated carbocycles. The molecule has 1 fully saturated rings. The fourth-order valence-corrected chi connectivity index (χ4v) is 4.55. The summed E-state index contributed by atoms with van der Waals surface area (Å²) >= 11 is 0.